The summed E-state index contributed by atoms with van der Waals surface area (Å²) in [4.78, 5) is 21.7. The molecular weight excluding hydrogens is 168 g/mol. The molecule has 2 aromatic rings. The first-order valence-corrected chi connectivity index (χ1v) is 3.83. The predicted molar refractivity (Wildman–Crippen MR) is 48.2 cm³/mol. The third-order valence-corrected chi connectivity index (χ3v) is 1.58. The van der Waals surface area contributed by atoms with E-state index < -0.39 is 0 Å². The molecule has 66 valence electrons. The summed E-state index contributed by atoms with van der Waals surface area (Å²) in [6.07, 6.45) is 3.31. The zero-order chi connectivity index (χ0) is 9.26. The fourth-order valence-corrected chi connectivity index (χ4v) is 1.08. The SMILES string of the molecule is CC(=O)Nc1nc2ccncc2[nH]1. The number of hydrogen-bond donors (Lipinski definition) is 2. The van der Waals surface area contributed by atoms with E-state index in [1.54, 1.807) is 18.5 Å². The van der Waals surface area contributed by atoms with E-state index in [-0.39, 0.29) is 5.91 Å². The van der Waals surface area contributed by atoms with Crippen LogP contribution in [-0.2, 0) is 4.79 Å². The van der Waals surface area contributed by atoms with Crippen LogP contribution in [0.25, 0.3) is 11.0 Å². The van der Waals surface area contributed by atoms with E-state index in [1.165, 1.54) is 6.92 Å². The van der Waals surface area contributed by atoms with Crippen LogP contribution in [0.3, 0.4) is 0 Å². The topological polar surface area (TPSA) is 70.7 Å². The minimum absolute atomic E-state index is 0.146. The molecule has 0 aliphatic heterocycles. The third kappa shape index (κ3) is 1.48. The molecular formula is C8H8N4O. The number of H-pyrrole nitrogens is 1. The van der Waals surface area contributed by atoms with Crippen molar-refractivity contribution in [2.24, 2.45) is 0 Å². The molecule has 0 aromatic carbocycles. The lowest BCUT2D eigenvalue weighted by Gasteiger charge is -1.92. The smallest absolute Gasteiger partial charge is 0.223 e. The van der Waals surface area contributed by atoms with Crippen molar-refractivity contribution >= 4 is 22.9 Å². The molecule has 5 heteroatoms. The number of aromatic nitrogens is 3. The van der Waals surface area contributed by atoms with Gasteiger partial charge in [-0.05, 0) is 6.07 Å². The maximum Gasteiger partial charge on any atom is 0.223 e. The standard InChI is InChI=1S/C8H8N4O/c1-5(13)10-8-11-6-2-3-9-4-7(6)12-8/h2-4H,1H3,(H2,10,11,12,13). The van der Waals surface area contributed by atoms with Crippen LogP contribution in [0, 0.1) is 0 Å². The van der Waals surface area contributed by atoms with E-state index in [9.17, 15) is 4.79 Å². The van der Waals surface area contributed by atoms with Crippen molar-refractivity contribution in [3.63, 3.8) is 0 Å². The number of carbonyl (C=O) groups is 1. The van der Waals surface area contributed by atoms with Gasteiger partial charge in [0.1, 0.15) is 0 Å². The van der Waals surface area contributed by atoms with Gasteiger partial charge in [0.25, 0.3) is 0 Å². The number of pyridine rings is 1. The Balaban J connectivity index is 2.44. The Hall–Kier alpha value is -1.91. The number of anilines is 1. The molecule has 1 amide bonds. The molecule has 0 atom stereocenters. The number of nitrogens with zero attached hydrogens (tertiary/aromatic N) is 2. The first-order valence-electron chi connectivity index (χ1n) is 3.83. The monoisotopic (exact) mass is 176 g/mol. The predicted octanol–water partition coefficient (Wildman–Crippen LogP) is 0.916. The zero-order valence-corrected chi connectivity index (χ0v) is 7.03. The molecule has 2 N–H and O–H groups in total. The van der Waals surface area contributed by atoms with Gasteiger partial charge in [0, 0.05) is 13.1 Å². The summed E-state index contributed by atoms with van der Waals surface area (Å²) in [5.41, 5.74) is 1.60. The van der Waals surface area contributed by atoms with Crippen molar-refractivity contribution in [3.05, 3.63) is 18.5 Å². The molecule has 5 nitrogen and oxygen atoms in total. The maximum atomic E-state index is 10.7. The van der Waals surface area contributed by atoms with Crippen molar-refractivity contribution in [2.75, 3.05) is 5.32 Å². The fraction of sp³-hybridized carbons (Fsp3) is 0.125. The second-order valence-corrected chi connectivity index (χ2v) is 2.66. The molecule has 2 rings (SSSR count). The van der Waals surface area contributed by atoms with Crippen LogP contribution in [0.1, 0.15) is 6.92 Å². The molecule has 0 bridgehead atoms. The normalized spacial score (nSPS) is 10.2. The van der Waals surface area contributed by atoms with Crippen LogP contribution < -0.4 is 5.32 Å². The van der Waals surface area contributed by atoms with E-state index in [2.05, 4.69) is 20.3 Å². The molecule has 2 heterocycles. The first kappa shape index (κ1) is 7.72. The quantitative estimate of drug-likeness (QED) is 0.678. The lowest BCUT2D eigenvalue weighted by molar-refractivity contribution is -0.114. The first-order chi connectivity index (χ1) is 6.25. The largest absolute Gasteiger partial charge is 0.323 e. The molecule has 0 aliphatic carbocycles. The van der Waals surface area contributed by atoms with Gasteiger partial charge in [-0.3, -0.25) is 15.1 Å². The van der Waals surface area contributed by atoms with Gasteiger partial charge in [-0.2, -0.15) is 0 Å². The Morgan fingerprint density at radius 3 is 3.15 bits per heavy atom. The fourth-order valence-electron chi connectivity index (χ4n) is 1.08. The van der Waals surface area contributed by atoms with Crippen LogP contribution in [0.2, 0.25) is 0 Å². The molecule has 0 saturated carbocycles. The van der Waals surface area contributed by atoms with Crippen LogP contribution in [0.15, 0.2) is 18.5 Å². The van der Waals surface area contributed by atoms with Gasteiger partial charge >= 0.3 is 0 Å². The van der Waals surface area contributed by atoms with Gasteiger partial charge in [-0.15, -0.1) is 0 Å². The number of aromatic amines is 1. The number of amides is 1. The summed E-state index contributed by atoms with van der Waals surface area (Å²) >= 11 is 0. The third-order valence-electron chi connectivity index (χ3n) is 1.58. The average Bonchev–Trinajstić information content (AvgIpc) is 2.44. The molecule has 0 spiro atoms. The van der Waals surface area contributed by atoms with Crippen LogP contribution in [0.4, 0.5) is 5.95 Å². The highest BCUT2D eigenvalue weighted by Gasteiger charge is 2.02. The van der Waals surface area contributed by atoms with E-state index >= 15 is 0 Å². The summed E-state index contributed by atoms with van der Waals surface area (Å²) < 4.78 is 0. The van der Waals surface area contributed by atoms with Gasteiger partial charge in [0.05, 0.1) is 17.2 Å². The van der Waals surface area contributed by atoms with Crippen molar-refractivity contribution in [2.45, 2.75) is 6.92 Å². The van der Waals surface area contributed by atoms with Gasteiger partial charge in [0.2, 0.25) is 11.9 Å². The van der Waals surface area contributed by atoms with E-state index in [4.69, 9.17) is 0 Å². The summed E-state index contributed by atoms with van der Waals surface area (Å²) in [6.45, 7) is 1.44. The van der Waals surface area contributed by atoms with E-state index in [0.717, 1.165) is 11.0 Å². The highest BCUT2D eigenvalue weighted by Crippen LogP contribution is 2.11. The maximum absolute atomic E-state index is 10.7. The van der Waals surface area contributed by atoms with Gasteiger partial charge < -0.3 is 4.98 Å². The van der Waals surface area contributed by atoms with E-state index in [0.29, 0.717) is 5.95 Å². The number of carbonyl (C=O) groups excluding carboxylic acids is 1. The number of nitrogens with one attached hydrogen (secondary N) is 2. The Morgan fingerprint density at radius 1 is 1.62 bits per heavy atom. The number of rotatable bonds is 1. The number of imidazole rings is 1. The molecule has 0 saturated heterocycles. The second-order valence-electron chi connectivity index (χ2n) is 2.66. The number of hydrogen-bond acceptors (Lipinski definition) is 3. The van der Waals surface area contributed by atoms with Crippen molar-refractivity contribution in [3.8, 4) is 0 Å². The Morgan fingerprint density at radius 2 is 2.46 bits per heavy atom. The Bertz CT molecular complexity index is 415. The molecule has 0 aliphatic rings. The van der Waals surface area contributed by atoms with Gasteiger partial charge in [0.15, 0.2) is 0 Å². The summed E-state index contributed by atoms with van der Waals surface area (Å²) in [7, 11) is 0. The van der Waals surface area contributed by atoms with Crippen LogP contribution in [0.5, 0.6) is 0 Å². The van der Waals surface area contributed by atoms with E-state index in [1.807, 2.05) is 0 Å². The van der Waals surface area contributed by atoms with Gasteiger partial charge in [-0.25, -0.2) is 4.98 Å². The molecule has 0 unspecified atom stereocenters. The summed E-state index contributed by atoms with van der Waals surface area (Å²) in [5, 5.41) is 2.56. The average molecular weight is 176 g/mol. The highest BCUT2D eigenvalue weighted by atomic mass is 16.1. The summed E-state index contributed by atoms with van der Waals surface area (Å²) in [5.74, 6) is 0.308. The van der Waals surface area contributed by atoms with Gasteiger partial charge in [-0.1, -0.05) is 0 Å². The second kappa shape index (κ2) is 2.85. The number of fused-ring (bicyclic) bond motifs is 1. The molecule has 2 aromatic heterocycles. The van der Waals surface area contributed by atoms with Crippen LogP contribution >= 0.6 is 0 Å². The van der Waals surface area contributed by atoms with Crippen LogP contribution in [-0.4, -0.2) is 20.9 Å². The van der Waals surface area contributed by atoms with Crippen molar-refractivity contribution < 1.29 is 4.79 Å². The summed E-state index contributed by atoms with van der Waals surface area (Å²) in [6, 6.07) is 1.77. The van der Waals surface area contributed by atoms with Crippen molar-refractivity contribution in [1.29, 1.82) is 0 Å². The minimum Gasteiger partial charge on any atom is -0.323 e. The lowest BCUT2D eigenvalue weighted by atomic mass is 10.4. The van der Waals surface area contributed by atoms with Crippen molar-refractivity contribution in [1.82, 2.24) is 15.0 Å². The zero-order valence-electron chi connectivity index (χ0n) is 7.03. The lowest BCUT2D eigenvalue weighted by Crippen LogP contribution is -2.06. The molecule has 0 fully saturated rings. The Kier molecular flexibility index (Phi) is 1.70. The highest BCUT2D eigenvalue weighted by molar-refractivity contribution is 5.89. The minimum atomic E-state index is -0.146. The Labute approximate surface area is 74.2 Å². The molecule has 13 heavy (non-hydrogen) atoms. The molecule has 0 radical (unpaired) electrons.